The molecule has 0 atom stereocenters. The lowest BCUT2D eigenvalue weighted by Crippen LogP contribution is -2.52. The minimum Gasteiger partial charge on any atom is -0.493 e. The van der Waals surface area contributed by atoms with E-state index in [0.29, 0.717) is 22.1 Å². The summed E-state index contributed by atoms with van der Waals surface area (Å²) in [7, 11) is 3.01. The minimum absolute atomic E-state index is 0.204. The Morgan fingerprint density at radius 3 is 2.37 bits per heavy atom. The van der Waals surface area contributed by atoms with Crippen LogP contribution in [0.25, 0.3) is 0 Å². The third-order valence-corrected chi connectivity index (χ3v) is 5.11. The predicted molar refractivity (Wildman–Crippen MR) is 115 cm³/mol. The van der Waals surface area contributed by atoms with Crippen molar-refractivity contribution in [2.75, 3.05) is 51.8 Å². The van der Waals surface area contributed by atoms with Gasteiger partial charge in [0.1, 0.15) is 0 Å². The van der Waals surface area contributed by atoms with Gasteiger partial charge in [-0.3, -0.25) is 25.3 Å². The number of piperazine rings is 1. The van der Waals surface area contributed by atoms with E-state index in [1.165, 1.54) is 14.2 Å². The maximum Gasteiger partial charge on any atom is 0.269 e. The number of anilines is 1. The molecule has 30 heavy (non-hydrogen) atoms. The molecule has 2 amide bonds. The van der Waals surface area contributed by atoms with Crippen LogP contribution in [-0.2, 0) is 4.79 Å². The Bertz CT molecular complexity index is 900. The normalized spacial score (nSPS) is 14.2. The van der Waals surface area contributed by atoms with Crippen molar-refractivity contribution in [1.29, 1.82) is 0 Å². The molecule has 0 unspecified atom stereocenters. The number of halogens is 1. The molecule has 1 fully saturated rings. The van der Waals surface area contributed by atoms with Gasteiger partial charge in [0.25, 0.3) is 11.8 Å². The molecule has 0 radical (unpaired) electrons. The topological polar surface area (TPSA) is 83.1 Å². The molecular formula is C21H25ClN4O4. The molecule has 1 aliphatic heterocycles. The van der Waals surface area contributed by atoms with Crippen LogP contribution < -0.4 is 25.2 Å². The summed E-state index contributed by atoms with van der Waals surface area (Å²) < 4.78 is 10.3. The summed E-state index contributed by atoms with van der Waals surface area (Å²) in [5, 5.41) is 0.708. The third-order valence-electron chi connectivity index (χ3n) is 4.87. The number of ether oxygens (including phenoxy) is 2. The van der Waals surface area contributed by atoms with Crippen LogP contribution in [0.1, 0.15) is 10.4 Å². The lowest BCUT2D eigenvalue weighted by molar-refractivity contribution is -0.123. The van der Waals surface area contributed by atoms with Crippen molar-refractivity contribution in [3.8, 4) is 11.5 Å². The van der Waals surface area contributed by atoms with Gasteiger partial charge < -0.3 is 14.4 Å². The smallest absolute Gasteiger partial charge is 0.269 e. The molecule has 8 nitrogen and oxygen atoms in total. The highest BCUT2D eigenvalue weighted by Crippen LogP contribution is 2.27. The highest BCUT2D eigenvalue weighted by Gasteiger charge is 2.20. The molecule has 160 valence electrons. The van der Waals surface area contributed by atoms with Gasteiger partial charge in [-0.1, -0.05) is 17.7 Å². The Hall–Kier alpha value is -2.97. The van der Waals surface area contributed by atoms with E-state index in [1.54, 1.807) is 18.2 Å². The predicted octanol–water partition coefficient (Wildman–Crippen LogP) is 1.94. The maximum atomic E-state index is 12.3. The van der Waals surface area contributed by atoms with Crippen LogP contribution in [0.3, 0.4) is 0 Å². The Morgan fingerprint density at radius 1 is 0.967 bits per heavy atom. The second kappa shape index (κ2) is 10.2. The lowest BCUT2D eigenvalue weighted by atomic mass is 10.2. The van der Waals surface area contributed by atoms with E-state index in [9.17, 15) is 9.59 Å². The molecule has 3 rings (SSSR count). The van der Waals surface area contributed by atoms with Gasteiger partial charge in [0.15, 0.2) is 11.5 Å². The number of nitrogens with zero attached hydrogens (tertiary/aromatic N) is 2. The monoisotopic (exact) mass is 432 g/mol. The summed E-state index contributed by atoms with van der Waals surface area (Å²) in [6.45, 7) is 3.28. The number of rotatable bonds is 6. The van der Waals surface area contributed by atoms with Crippen molar-refractivity contribution >= 4 is 29.1 Å². The Balaban J connectivity index is 1.44. The Kier molecular flexibility index (Phi) is 7.37. The fourth-order valence-electron chi connectivity index (χ4n) is 3.26. The average Bonchev–Trinajstić information content (AvgIpc) is 2.77. The second-order valence-electron chi connectivity index (χ2n) is 6.82. The van der Waals surface area contributed by atoms with E-state index in [2.05, 4.69) is 15.8 Å². The van der Waals surface area contributed by atoms with Crippen molar-refractivity contribution in [1.82, 2.24) is 15.8 Å². The van der Waals surface area contributed by atoms with Crippen molar-refractivity contribution in [3.63, 3.8) is 0 Å². The van der Waals surface area contributed by atoms with Crippen LogP contribution in [-0.4, -0.2) is 63.7 Å². The Morgan fingerprint density at radius 2 is 1.70 bits per heavy atom. The van der Waals surface area contributed by atoms with Gasteiger partial charge in [-0.25, -0.2) is 0 Å². The molecule has 2 aromatic carbocycles. The van der Waals surface area contributed by atoms with Gasteiger partial charge in [0.2, 0.25) is 0 Å². The van der Waals surface area contributed by atoms with Gasteiger partial charge in [0, 0.05) is 42.5 Å². The second-order valence-corrected chi connectivity index (χ2v) is 7.25. The number of benzene rings is 2. The van der Waals surface area contributed by atoms with Crippen LogP contribution in [0.4, 0.5) is 5.69 Å². The number of carbonyl (C=O) groups excluding carboxylic acids is 2. The zero-order valence-electron chi connectivity index (χ0n) is 17.0. The summed E-state index contributed by atoms with van der Waals surface area (Å²) in [5.41, 5.74) is 6.32. The van der Waals surface area contributed by atoms with E-state index in [-0.39, 0.29) is 12.5 Å². The molecule has 2 N–H and O–H groups in total. The molecule has 2 aromatic rings. The number of methoxy groups -OCH3 is 2. The average molecular weight is 433 g/mol. The Labute approximate surface area is 180 Å². The summed E-state index contributed by atoms with van der Waals surface area (Å²) >= 11 is 6.06. The molecule has 9 heteroatoms. The molecule has 1 heterocycles. The molecule has 0 spiro atoms. The first-order valence-electron chi connectivity index (χ1n) is 9.54. The van der Waals surface area contributed by atoms with E-state index in [4.69, 9.17) is 21.1 Å². The zero-order valence-corrected chi connectivity index (χ0v) is 17.7. The quantitative estimate of drug-likeness (QED) is 0.679. The maximum absolute atomic E-state index is 12.3. The van der Waals surface area contributed by atoms with Crippen LogP contribution >= 0.6 is 11.6 Å². The van der Waals surface area contributed by atoms with Crippen molar-refractivity contribution in [2.45, 2.75) is 0 Å². The lowest BCUT2D eigenvalue weighted by Gasteiger charge is -2.35. The summed E-state index contributed by atoms with van der Waals surface area (Å²) in [6.07, 6.45) is 0. The molecule has 0 saturated carbocycles. The molecule has 0 bridgehead atoms. The minimum atomic E-state index is -0.435. The largest absolute Gasteiger partial charge is 0.493 e. The fraction of sp³-hybridized carbons (Fsp3) is 0.333. The first kappa shape index (κ1) is 21.7. The van der Waals surface area contributed by atoms with Gasteiger partial charge in [-0.15, -0.1) is 0 Å². The highest BCUT2D eigenvalue weighted by molar-refractivity contribution is 6.30. The third kappa shape index (κ3) is 5.55. The standard InChI is InChI=1S/C21H25ClN4O4/c1-29-18-7-6-15(12-19(18)30-2)21(28)24-23-20(27)14-25-8-10-26(11-9-25)17-5-3-4-16(22)13-17/h3-7,12-13H,8-11,14H2,1-2H3,(H,23,27)(H,24,28). The van der Waals surface area contributed by atoms with Gasteiger partial charge in [-0.2, -0.15) is 0 Å². The number of hydrogen-bond donors (Lipinski definition) is 2. The first-order valence-corrected chi connectivity index (χ1v) is 9.92. The summed E-state index contributed by atoms with van der Waals surface area (Å²) in [5.74, 6) is 0.249. The fourth-order valence-corrected chi connectivity index (χ4v) is 3.44. The van der Waals surface area contributed by atoms with E-state index < -0.39 is 5.91 Å². The van der Waals surface area contributed by atoms with Crippen molar-refractivity contribution < 1.29 is 19.1 Å². The van der Waals surface area contributed by atoms with Gasteiger partial charge in [0.05, 0.1) is 20.8 Å². The van der Waals surface area contributed by atoms with Crippen LogP contribution in [0.2, 0.25) is 5.02 Å². The highest BCUT2D eigenvalue weighted by atomic mass is 35.5. The summed E-state index contributed by atoms with van der Waals surface area (Å²) in [6, 6.07) is 12.5. The zero-order chi connectivity index (χ0) is 21.5. The number of hydrogen-bond acceptors (Lipinski definition) is 6. The molecule has 0 aliphatic carbocycles. The number of amides is 2. The van der Waals surface area contributed by atoms with Gasteiger partial charge in [-0.05, 0) is 36.4 Å². The SMILES string of the molecule is COc1ccc(C(=O)NNC(=O)CN2CCN(c3cccc(Cl)c3)CC2)cc1OC. The van der Waals surface area contributed by atoms with E-state index >= 15 is 0 Å². The van der Waals surface area contributed by atoms with Crippen molar-refractivity contribution in [3.05, 3.63) is 53.1 Å². The number of hydrazine groups is 1. The molecule has 1 aliphatic rings. The molecular weight excluding hydrogens is 408 g/mol. The first-order chi connectivity index (χ1) is 14.5. The van der Waals surface area contributed by atoms with Crippen LogP contribution in [0, 0.1) is 0 Å². The summed E-state index contributed by atoms with van der Waals surface area (Å²) in [4.78, 5) is 28.8. The van der Waals surface area contributed by atoms with E-state index in [0.717, 1.165) is 31.9 Å². The number of nitrogens with one attached hydrogen (secondary N) is 2. The van der Waals surface area contributed by atoms with Crippen LogP contribution in [0.15, 0.2) is 42.5 Å². The van der Waals surface area contributed by atoms with Crippen LogP contribution in [0.5, 0.6) is 11.5 Å². The number of carbonyl (C=O) groups is 2. The van der Waals surface area contributed by atoms with Crippen molar-refractivity contribution in [2.24, 2.45) is 0 Å². The molecule has 1 saturated heterocycles. The molecule has 0 aromatic heterocycles. The van der Waals surface area contributed by atoms with E-state index in [1.807, 2.05) is 29.2 Å². The van der Waals surface area contributed by atoms with Gasteiger partial charge >= 0.3 is 0 Å².